The van der Waals surface area contributed by atoms with Crippen LogP contribution in [0.4, 0.5) is 5.69 Å². The Balaban J connectivity index is 1.45. The first kappa shape index (κ1) is 19.4. The van der Waals surface area contributed by atoms with Crippen LogP contribution in [-0.4, -0.2) is 37.4 Å². The highest BCUT2D eigenvalue weighted by Gasteiger charge is 2.27. The summed E-state index contributed by atoms with van der Waals surface area (Å²) < 4.78 is 5.11. The fourth-order valence-corrected chi connectivity index (χ4v) is 3.02. The zero-order valence-corrected chi connectivity index (χ0v) is 15.7. The summed E-state index contributed by atoms with van der Waals surface area (Å²) in [7, 11) is 1.62. The zero-order chi connectivity index (χ0) is 19.9. The van der Waals surface area contributed by atoms with Crippen molar-refractivity contribution in [3.63, 3.8) is 0 Å². The van der Waals surface area contributed by atoms with E-state index < -0.39 is 6.04 Å². The SMILES string of the molecule is COc1ccc(CCNC(=O)CC[C@H]2NC(=O)c3ccccc3NC2=O)cc1. The van der Waals surface area contributed by atoms with Crippen LogP contribution in [0.3, 0.4) is 0 Å². The Morgan fingerprint density at radius 3 is 2.61 bits per heavy atom. The number of nitrogens with one attached hydrogen (secondary N) is 3. The minimum absolute atomic E-state index is 0.150. The summed E-state index contributed by atoms with van der Waals surface area (Å²) in [5, 5.41) is 8.27. The lowest BCUT2D eigenvalue weighted by atomic mass is 10.1. The molecular weight excluding hydrogens is 358 g/mol. The van der Waals surface area contributed by atoms with Crippen LogP contribution in [0.15, 0.2) is 48.5 Å². The highest BCUT2D eigenvalue weighted by Crippen LogP contribution is 2.19. The number of fused-ring (bicyclic) bond motifs is 1. The van der Waals surface area contributed by atoms with Gasteiger partial charge in [-0.15, -0.1) is 0 Å². The minimum atomic E-state index is -0.743. The zero-order valence-electron chi connectivity index (χ0n) is 15.7. The summed E-state index contributed by atoms with van der Waals surface area (Å²) in [6.07, 6.45) is 1.09. The third-order valence-corrected chi connectivity index (χ3v) is 4.61. The predicted molar refractivity (Wildman–Crippen MR) is 105 cm³/mol. The average molecular weight is 381 g/mol. The summed E-state index contributed by atoms with van der Waals surface area (Å²) in [4.78, 5) is 36.7. The van der Waals surface area contributed by atoms with Gasteiger partial charge in [-0.25, -0.2) is 0 Å². The van der Waals surface area contributed by atoms with Crippen LogP contribution < -0.4 is 20.7 Å². The fraction of sp³-hybridized carbons (Fsp3) is 0.286. The van der Waals surface area contributed by atoms with Gasteiger partial charge < -0.3 is 20.7 Å². The van der Waals surface area contributed by atoms with Gasteiger partial charge in [-0.3, -0.25) is 14.4 Å². The number of hydrogen-bond acceptors (Lipinski definition) is 4. The van der Waals surface area contributed by atoms with Gasteiger partial charge in [0.15, 0.2) is 0 Å². The second-order valence-corrected chi connectivity index (χ2v) is 6.55. The van der Waals surface area contributed by atoms with E-state index in [1.54, 1.807) is 31.4 Å². The molecule has 0 fully saturated rings. The van der Waals surface area contributed by atoms with E-state index in [2.05, 4.69) is 16.0 Å². The number of amides is 3. The van der Waals surface area contributed by atoms with Gasteiger partial charge >= 0.3 is 0 Å². The van der Waals surface area contributed by atoms with Crippen molar-refractivity contribution < 1.29 is 19.1 Å². The molecule has 7 nitrogen and oxygen atoms in total. The standard InChI is InChI=1S/C21H23N3O4/c1-28-15-8-6-14(7-9-15)12-13-22-19(25)11-10-18-21(27)23-17-5-3-2-4-16(17)20(26)24-18/h2-9,18H,10-13H2,1H3,(H,22,25)(H,23,27)(H,24,26)/t18-/m1/s1. The maximum Gasteiger partial charge on any atom is 0.254 e. The molecule has 3 amide bonds. The minimum Gasteiger partial charge on any atom is -0.497 e. The van der Waals surface area contributed by atoms with Crippen LogP contribution in [-0.2, 0) is 16.0 Å². The van der Waals surface area contributed by atoms with Crippen molar-refractivity contribution in [3.05, 3.63) is 59.7 Å². The highest BCUT2D eigenvalue weighted by atomic mass is 16.5. The Morgan fingerprint density at radius 2 is 1.86 bits per heavy atom. The molecular formula is C21H23N3O4. The van der Waals surface area contributed by atoms with Crippen molar-refractivity contribution >= 4 is 23.4 Å². The van der Waals surface area contributed by atoms with E-state index in [1.165, 1.54) is 0 Å². The summed E-state index contributed by atoms with van der Waals surface area (Å²) in [5.74, 6) is -0.000760. The van der Waals surface area contributed by atoms with Gasteiger partial charge in [0.2, 0.25) is 11.8 Å². The Hall–Kier alpha value is -3.35. The van der Waals surface area contributed by atoms with E-state index in [9.17, 15) is 14.4 Å². The van der Waals surface area contributed by atoms with Crippen molar-refractivity contribution in [2.24, 2.45) is 0 Å². The van der Waals surface area contributed by atoms with Gasteiger partial charge in [-0.2, -0.15) is 0 Å². The molecule has 3 N–H and O–H groups in total. The molecule has 3 rings (SSSR count). The lowest BCUT2D eigenvalue weighted by Gasteiger charge is -2.14. The molecule has 1 atom stereocenters. The van der Waals surface area contributed by atoms with E-state index >= 15 is 0 Å². The lowest BCUT2D eigenvalue weighted by Crippen LogP contribution is -2.42. The Labute approximate surface area is 163 Å². The maximum atomic E-state index is 12.3. The van der Waals surface area contributed by atoms with Crippen molar-refractivity contribution in [2.45, 2.75) is 25.3 Å². The van der Waals surface area contributed by atoms with Gasteiger partial charge in [-0.05, 0) is 42.7 Å². The predicted octanol–water partition coefficient (Wildman–Crippen LogP) is 1.88. The second kappa shape index (κ2) is 9.03. The molecule has 1 aliphatic heterocycles. The van der Waals surface area contributed by atoms with Crippen LogP contribution in [0.5, 0.6) is 5.75 Å². The van der Waals surface area contributed by atoms with Gasteiger partial charge in [0.05, 0.1) is 18.4 Å². The number of para-hydroxylation sites is 1. The molecule has 0 aromatic heterocycles. The van der Waals surface area contributed by atoms with Gasteiger partial charge in [0.1, 0.15) is 11.8 Å². The van der Waals surface area contributed by atoms with Crippen molar-refractivity contribution in [1.82, 2.24) is 10.6 Å². The summed E-state index contributed by atoms with van der Waals surface area (Å²) >= 11 is 0. The van der Waals surface area contributed by atoms with Crippen LogP contribution in [0.2, 0.25) is 0 Å². The number of carbonyl (C=O) groups excluding carboxylic acids is 3. The summed E-state index contributed by atoms with van der Waals surface area (Å²) in [6, 6.07) is 13.7. The van der Waals surface area contributed by atoms with E-state index in [4.69, 9.17) is 4.74 Å². The number of methoxy groups -OCH3 is 1. The maximum absolute atomic E-state index is 12.3. The molecule has 0 bridgehead atoms. The fourth-order valence-electron chi connectivity index (χ4n) is 3.02. The van der Waals surface area contributed by atoms with Gasteiger partial charge in [-0.1, -0.05) is 24.3 Å². The number of ether oxygens (including phenoxy) is 1. The van der Waals surface area contributed by atoms with E-state index in [-0.39, 0.29) is 30.6 Å². The molecule has 0 radical (unpaired) electrons. The third kappa shape index (κ3) is 4.88. The summed E-state index contributed by atoms with van der Waals surface area (Å²) in [6.45, 7) is 0.500. The Kier molecular flexibility index (Phi) is 6.26. The van der Waals surface area contributed by atoms with Gasteiger partial charge in [0, 0.05) is 13.0 Å². The van der Waals surface area contributed by atoms with Gasteiger partial charge in [0.25, 0.3) is 5.91 Å². The van der Waals surface area contributed by atoms with E-state index in [1.807, 2.05) is 24.3 Å². The molecule has 7 heteroatoms. The lowest BCUT2D eigenvalue weighted by molar-refractivity contribution is -0.121. The smallest absolute Gasteiger partial charge is 0.254 e. The quantitative estimate of drug-likeness (QED) is 0.682. The highest BCUT2D eigenvalue weighted by molar-refractivity contribution is 6.09. The summed E-state index contributed by atoms with van der Waals surface area (Å²) in [5.41, 5.74) is 1.99. The molecule has 0 unspecified atom stereocenters. The first-order valence-corrected chi connectivity index (χ1v) is 9.17. The number of anilines is 1. The number of carbonyl (C=O) groups is 3. The van der Waals surface area contributed by atoms with Crippen LogP contribution in [0.25, 0.3) is 0 Å². The topological polar surface area (TPSA) is 96.5 Å². The second-order valence-electron chi connectivity index (χ2n) is 6.55. The molecule has 0 saturated carbocycles. The third-order valence-electron chi connectivity index (χ3n) is 4.61. The monoisotopic (exact) mass is 381 g/mol. The number of rotatable bonds is 7. The Morgan fingerprint density at radius 1 is 1.11 bits per heavy atom. The molecule has 0 aliphatic carbocycles. The van der Waals surface area contributed by atoms with Crippen molar-refractivity contribution in [2.75, 3.05) is 19.0 Å². The molecule has 1 heterocycles. The van der Waals surface area contributed by atoms with Crippen molar-refractivity contribution in [3.8, 4) is 5.75 Å². The first-order valence-electron chi connectivity index (χ1n) is 9.17. The Bertz CT molecular complexity index is 864. The van der Waals surface area contributed by atoms with E-state index in [0.29, 0.717) is 24.2 Å². The normalized spacial score (nSPS) is 15.7. The van der Waals surface area contributed by atoms with Crippen LogP contribution >= 0.6 is 0 Å². The molecule has 28 heavy (non-hydrogen) atoms. The molecule has 2 aromatic carbocycles. The molecule has 1 aliphatic rings. The van der Waals surface area contributed by atoms with Crippen molar-refractivity contribution in [1.29, 1.82) is 0 Å². The number of benzene rings is 2. The number of hydrogen-bond donors (Lipinski definition) is 3. The average Bonchev–Trinajstić information content (AvgIpc) is 2.83. The largest absolute Gasteiger partial charge is 0.497 e. The molecule has 2 aromatic rings. The molecule has 0 saturated heterocycles. The van der Waals surface area contributed by atoms with E-state index in [0.717, 1.165) is 11.3 Å². The molecule has 0 spiro atoms. The molecule has 146 valence electrons. The first-order chi connectivity index (χ1) is 13.6. The van der Waals surface area contributed by atoms with Crippen LogP contribution in [0, 0.1) is 0 Å². The van der Waals surface area contributed by atoms with Crippen LogP contribution in [0.1, 0.15) is 28.8 Å².